The lowest BCUT2D eigenvalue weighted by Gasteiger charge is -2.14. The van der Waals surface area contributed by atoms with Crippen LogP contribution in [0.2, 0.25) is 0 Å². The second-order valence-electron chi connectivity index (χ2n) is 6.71. The maximum atomic E-state index is 14.3. The molecule has 1 fully saturated rings. The number of hydrogen-bond donors (Lipinski definition) is 1. The Bertz CT molecular complexity index is 1260. The number of aliphatic imine (C=N–C) groups is 1. The predicted molar refractivity (Wildman–Crippen MR) is 106 cm³/mol. The fraction of sp³-hybridized carbons (Fsp3) is 0.200. The van der Waals surface area contributed by atoms with Crippen LogP contribution in [0.3, 0.4) is 0 Å². The van der Waals surface area contributed by atoms with Crippen molar-refractivity contribution in [3.8, 4) is 11.6 Å². The number of halogens is 1. The molecule has 0 bridgehead atoms. The van der Waals surface area contributed by atoms with E-state index in [1.165, 1.54) is 24.4 Å². The van der Waals surface area contributed by atoms with Gasteiger partial charge in [0, 0.05) is 17.0 Å². The highest BCUT2D eigenvalue weighted by Crippen LogP contribution is 2.27. The Morgan fingerprint density at radius 3 is 2.46 bits per heavy atom. The van der Waals surface area contributed by atoms with Crippen LogP contribution in [-0.4, -0.2) is 41.9 Å². The standard InChI is InChI=1S/C20H17FN2O4S/c21-17-7-3-4-8-18(17)23-19(24)15-6-2-1-5-14(15)16(20(23)25)11-22-13-9-10-28(26,27)12-13/h1-8,11,13,25H,9-10,12H2/t13-/m0/s1. The second kappa shape index (κ2) is 6.87. The summed E-state index contributed by atoms with van der Waals surface area (Å²) in [5.41, 5.74) is -0.393. The third-order valence-electron chi connectivity index (χ3n) is 4.82. The number of para-hydroxylation sites is 1. The van der Waals surface area contributed by atoms with Crippen molar-refractivity contribution >= 4 is 26.8 Å². The van der Waals surface area contributed by atoms with E-state index in [0.717, 1.165) is 4.57 Å². The summed E-state index contributed by atoms with van der Waals surface area (Å²) in [7, 11) is -3.10. The van der Waals surface area contributed by atoms with E-state index >= 15 is 0 Å². The number of benzene rings is 2. The summed E-state index contributed by atoms with van der Waals surface area (Å²) < 4.78 is 38.5. The van der Waals surface area contributed by atoms with Gasteiger partial charge in [0.05, 0.1) is 28.8 Å². The van der Waals surface area contributed by atoms with Crippen LogP contribution in [0.4, 0.5) is 4.39 Å². The molecule has 0 saturated carbocycles. The lowest BCUT2D eigenvalue weighted by Crippen LogP contribution is -2.21. The molecule has 1 N–H and O–H groups in total. The Labute approximate surface area is 160 Å². The average Bonchev–Trinajstić information content (AvgIpc) is 3.02. The lowest BCUT2D eigenvalue weighted by molar-refractivity contribution is 0.433. The molecule has 2 aromatic carbocycles. The minimum absolute atomic E-state index is 0.0465. The van der Waals surface area contributed by atoms with Crippen molar-refractivity contribution in [3.05, 3.63) is 70.3 Å². The molecule has 0 radical (unpaired) electrons. The van der Waals surface area contributed by atoms with Gasteiger partial charge in [0.1, 0.15) is 5.82 Å². The molecule has 28 heavy (non-hydrogen) atoms. The maximum absolute atomic E-state index is 14.3. The molecule has 1 aromatic heterocycles. The van der Waals surface area contributed by atoms with Crippen LogP contribution in [0.15, 0.2) is 58.3 Å². The third-order valence-corrected chi connectivity index (χ3v) is 6.57. The van der Waals surface area contributed by atoms with Gasteiger partial charge in [-0.05, 0) is 24.6 Å². The SMILES string of the molecule is O=c1c2ccccc2c(C=N[C@H]2CCS(=O)(=O)C2)c(O)n1-c1ccccc1F. The van der Waals surface area contributed by atoms with Gasteiger partial charge in [-0.15, -0.1) is 0 Å². The zero-order valence-electron chi connectivity index (χ0n) is 14.7. The first-order chi connectivity index (χ1) is 13.4. The Hall–Kier alpha value is -3.00. The molecule has 1 saturated heterocycles. The molecule has 0 unspecified atom stereocenters. The van der Waals surface area contributed by atoms with Gasteiger partial charge in [-0.1, -0.05) is 30.3 Å². The summed E-state index contributed by atoms with van der Waals surface area (Å²) >= 11 is 0. The van der Waals surface area contributed by atoms with Crippen molar-refractivity contribution in [2.24, 2.45) is 4.99 Å². The van der Waals surface area contributed by atoms with Crippen LogP contribution in [-0.2, 0) is 9.84 Å². The molecule has 0 aliphatic carbocycles. The van der Waals surface area contributed by atoms with Crippen LogP contribution in [0, 0.1) is 5.82 Å². The van der Waals surface area contributed by atoms with E-state index in [0.29, 0.717) is 17.2 Å². The topological polar surface area (TPSA) is 88.7 Å². The van der Waals surface area contributed by atoms with E-state index in [1.807, 2.05) is 0 Å². The van der Waals surface area contributed by atoms with Crippen LogP contribution in [0.1, 0.15) is 12.0 Å². The maximum Gasteiger partial charge on any atom is 0.265 e. The normalized spacial score (nSPS) is 18.8. The number of nitrogens with zero attached hydrogens (tertiary/aromatic N) is 2. The fourth-order valence-electron chi connectivity index (χ4n) is 3.42. The first-order valence-electron chi connectivity index (χ1n) is 8.72. The monoisotopic (exact) mass is 400 g/mol. The van der Waals surface area contributed by atoms with Crippen molar-refractivity contribution in [1.29, 1.82) is 0 Å². The molecule has 4 rings (SSSR count). The fourth-order valence-corrected chi connectivity index (χ4v) is 5.06. The van der Waals surface area contributed by atoms with Gasteiger partial charge in [-0.2, -0.15) is 0 Å². The number of hydrogen-bond acceptors (Lipinski definition) is 5. The zero-order valence-corrected chi connectivity index (χ0v) is 15.6. The molecule has 0 amide bonds. The van der Waals surface area contributed by atoms with Crippen molar-refractivity contribution in [1.82, 2.24) is 4.57 Å². The van der Waals surface area contributed by atoms with Crippen molar-refractivity contribution in [2.75, 3.05) is 11.5 Å². The highest BCUT2D eigenvalue weighted by molar-refractivity contribution is 7.91. The summed E-state index contributed by atoms with van der Waals surface area (Å²) in [5.74, 6) is -1.07. The zero-order chi connectivity index (χ0) is 19.9. The number of aromatic hydroxyl groups is 1. The molecule has 3 aromatic rings. The van der Waals surface area contributed by atoms with Crippen LogP contribution < -0.4 is 5.56 Å². The molecule has 8 heteroatoms. The first-order valence-corrected chi connectivity index (χ1v) is 10.5. The summed E-state index contributed by atoms with van der Waals surface area (Å²) in [4.78, 5) is 17.2. The van der Waals surface area contributed by atoms with Crippen LogP contribution >= 0.6 is 0 Å². The highest BCUT2D eigenvalue weighted by Gasteiger charge is 2.27. The Morgan fingerprint density at radius 2 is 1.79 bits per heavy atom. The van der Waals surface area contributed by atoms with E-state index in [1.54, 1.807) is 30.3 Å². The van der Waals surface area contributed by atoms with Crippen molar-refractivity contribution in [2.45, 2.75) is 12.5 Å². The Morgan fingerprint density at radius 1 is 1.11 bits per heavy atom. The molecule has 6 nitrogen and oxygen atoms in total. The van der Waals surface area contributed by atoms with Gasteiger partial charge in [0.2, 0.25) is 5.88 Å². The van der Waals surface area contributed by atoms with Gasteiger partial charge in [0.15, 0.2) is 9.84 Å². The van der Waals surface area contributed by atoms with Gasteiger partial charge >= 0.3 is 0 Å². The molecule has 0 spiro atoms. The molecule has 144 valence electrons. The van der Waals surface area contributed by atoms with Crippen LogP contribution in [0.25, 0.3) is 16.5 Å². The van der Waals surface area contributed by atoms with Crippen molar-refractivity contribution < 1.29 is 17.9 Å². The van der Waals surface area contributed by atoms with Gasteiger partial charge in [-0.3, -0.25) is 9.79 Å². The second-order valence-corrected chi connectivity index (χ2v) is 8.94. The van der Waals surface area contributed by atoms with E-state index in [4.69, 9.17) is 0 Å². The summed E-state index contributed by atoms with van der Waals surface area (Å²) in [6.07, 6.45) is 1.78. The number of aromatic nitrogens is 1. The van der Waals surface area contributed by atoms with E-state index < -0.39 is 33.1 Å². The summed E-state index contributed by atoms with van der Waals surface area (Å²) in [5, 5.41) is 11.6. The lowest BCUT2D eigenvalue weighted by atomic mass is 10.1. The van der Waals surface area contributed by atoms with Crippen LogP contribution in [0.5, 0.6) is 5.88 Å². The van der Waals surface area contributed by atoms with Gasteiger partial charge in [-0.25, -0.2) is 17.4 Å². The van der Waals surface area contributed by atoms with E-state index in [2.05, 4.69) is 4.99 Å². The minimum Gasteiger partial charge on any atom is -0.494 e. The van der Waals surface area contributed by atoms with Gasteiger partial charge < -0.3 is 5.11 Å². The van der Waals surface area contributed by atoms with E-state index in [-0.39, 0.29) is 22.8 Å². The first kappa shape index (κ1) is 18.4. The quantitative estimate of drug-likeness (QED) is 0.684. The molecule has 2 heterocycles. The Kier molecular flexibility index (Phi) is 4.50. The summed E-state index contributed by atoms with van der Waals surface area (Å²) in [6.45, 7) is 0. The predicted octanol–water partition coefficient (Wildman–Crippen LogP) is 2.44. The number of fused-ring (bicyclic) bond motifs is 1. The van der Waals surface area contributed by atoms with E-state index in [9.17, 15) is 22.7 Å². The minimum atomic E-state index is -3.10. The number of sulfone groups is 1. The molecule has 1 atom stereocenters. The molecular weight excluding hydrogens is 383 g/mol. The molecule has 1 aliphatic heterocycles. The number of rotatable bonds is 3. The number of pyridine rings is 1. The van der Waals surface area contributed by atoms with Gasteiger partial charge in [0.25, 0.3) is 5.56 Å². The Balaban J connectivity index is 1.93. The molecule has 1 aliphatic rings. The highest BCUT2D eigenvalue weighted by atomic mass is 32.2. The molecular formula is C20H17FN2O4S. The smallest absolute Gasteiger partial charge is 0.265 e. The largest absolute Gasteiger partial charge is 0.494 e. The average molecular weight is 400 g/mol. The third kappa shape index (κ3) is 3.20. The summed E-state index contributed by atoms with van der Waals surface area (Å²) in [6, 6.07) is 11.9. The van der Waals surface area contributed by atoms with Crippen molar-refractivity contribution in [3.63, 3.8) is 0 Å².